The van der Waals surface area contributed by atoms with E-state index in [9.17, 15) is 14.4 Å². The molecule has 20 nitrogen and oxygen atoms in total. The van der Waals surface area contributed by atoms with Gasteiger partial charge in [-0.05, 0) is 25.7 Å². The molecule has 5 aromatic heterocycles. The monoisotopic (exact) mass is 736 g/mol. The first-order valence-corrected chi connectivity index (χ1v) is 17.7. The molecular formula is C34H40N16O4. The number of methoxy groups -OCH3 is 1. The zero-order chi connectivity index (χ0) is 37.9. The number of hydrogen-bond acceptors (Lipinski definition) is 16. The summed E-state index contributed by atoms with van der Waals surface area (Å²) in [6.07, 6.45) is 14.2. The largest absolute Gasteiger partial charge is 0.465 e. The number of ketones is 1. The number of anilines is 2. The van der Waals surface area contributed by atoms with Crippen LogP contribution in [0.25, 0.3) is 11.6 Å². The van der Waals surface area contributed by atoms with Crippen molar-refractivity contribution in [3.05, 3.63) is 47.3 Å². The minimum absolute atomic E-state index is 0.0226. The number of aromatic nitrogens is 10. The van der Waals surface area contributed by atoms with Crippen molar-refractivity contribution in [2.45, 2.75) is 76.0 Å². The van der Waals surface area contributed by atoms with Crippen molar-refractivity contribution in [3.8, 4) is 11.6 Å². The molecular weight excluding hydrogens is 696 g/mol. The van der Waals surface area contributed by atoms with Gasteiger partial charge < -0.3 is 16.2 Å². The van der Waals surface area contributed by atoms with E-state index in [1.54, 1.807) is 20.2 Å². The fourth-order valence-electron chi connectivity index (χ4n) is 7.09. The van der Waals surface area contributed by atoms with Crippen LogP contribution in [0.1, 0.15) is 108 Å². The Kier molecular flexibility index (Phi) is 10.1. The molecule has 7 rings (SSSR count). The summed E-state index contributed by atoms with van der Waals surface area (Å²) in [5.74, 6) is 0.110. The number of carbonyl (C=O) groups excluding carboxylic acids is 3. The number of Topliss-reactive ketones (excluding diaryl/α,β-unsaturated/α-hetero) is 1. The van der Waals surface area contributed by atoms with Crippen molar-refractivity contribution in [1.29, 1.82) is 0 Å². The van der Waals surface area contributed by atoms with Crippen molar-refractivity contribution in [2.24, 2.45) is 34.6 Å². The summed E-state index contributed by atoms with van der Waals surface area (Å²) in [5.41, 5.74) is 15.7. The third-order valence-electron chi connectivity index (χ3n) is 9.98. The molecule has 0 bridgehead atoms. The molecule has 2 fully saturated rings. The third-order valence-corrected chi connectivity index (χ3v) is 9.98. The normalized spacial score (nSPS) is 15.8. The lowest BCUT2D eigenvalue weighted by atomic mass is 9.86. The number of nitrogens with zero attached hydrogens (tertiary/aromatic N) is 14. The Labute approximate surface area is 308 Å². The number of aryl methyl sites for hydroxylation is 2. The first kappa shape index (κ1) is 35.9. The zero-order valence-corrected chi connectivity index (χ0v) is 30.2. The quantitative estimate of drug-likeness (QED) is 0.0554. The molecule has 2 saturated carbocycles. The summed E-state index contributed by atoms with van der Waals surface area (Å²) in [6, 6.07) is 1.66. The van der Waals surface area contributed by atoms with Crippen molar-refractivity contribution in [1.82, 2.24) is 49.1 Å². The second-order valence-electron chi connectivity index (χ2n) is 13.4. The van der Waals surface area contributed by atoms with E-state index in [0.717, 1.165) is 64.2 Å². The predicted octanol–water partition coefficient (Wildman–Crippen LogP) is 5.57. The summed E-state index contributed by atoms with van der Waals surface area (Å²) in [5, 5.41) is 35.8. The number of ether oxygens (including phenoxy) is 1. The SMILES string of the molecule is COC(=O)c1cnn(C)c1N=Nc1c(C2CCCCC2)nn(-c2cc(-n3nc(C4CCCCC4)c(N=Nc4c(C(=O)C=O)cnn4C)c3N)ncn2)c1N. The molecule has 2 aliphatic rings. The Morgan fingerprint density at radius 3 is 1.67 bits per heavy atom. The molecule has 54 heavy (non-hydrogen) atoms. The lowest BCUT2D eigenvalue weighted by Crippen LogP contribution is -2.10. The third kappa shape index (κ3) is 6.76. The van der Waals surface area contributed by atoms with Crippen molar-refractivity contribution in [2.75, 3.05) is 18.6 Å². The second-order valence-corrected chi connectivity index (χ2v) is 13.4. The molecule has 0 unspecified atom stereocenters. The highest BCUT2D eigenvalue weighted by molar-refractivity contribution is 6.34. The standard InChI is InChI=1S/C34H40N16O4/c1-47-32(21(15-39-47)23(52)17-51)43-41-28-26(19-10-6-4-7-11-19)45-49(30(28)35)24-14-25(38-18-37-24)50-31(36)29(27(46-50)20-12-8-5-9-13-20)42-44-33-22(34(53)54-3)16-40-48(33)2/h14-20H,4-13,35-36H2,1-3H3. The van der Waals surface area contributed by atoms with E-state index in [0.29, 0.717) is 34.4 Å². The van der Waals surface area contributed by atoms with Gasteiger partial charge >= 0.3 is 5.97 Å². The lowest BCUT2D eigenvalue weighted by Gasteiger charge is -2.19. The number of rotatable bonds is 11. The van der Waals surface area contributed by atoms with E-state index in [1.807, 2.05) is 0 Å². The Hall–Kier alpha value is -6.47. The molecule has 0 saturated heterocycles. The molecule has 5 aromatic rings. The van der Waals surface area contributed by atoms with Crippen LogP contribution in [0.3, 0.4) is 0 Å². The Morgan fingerprint density at radius 1 is 0.741 bits per heavy atom. The maximum atomic E-state index is 12.4. The van der Waals surface area contributed by atoms with E-state index in [-0.39, 0.29) is 52.5 Å². The number of azo groups is 2. The van der Waals surface area contributed by atoms with Crippen LogP contribution in [-0.4, -0.2) is 74.2 Å². The van der Waals surface area contributed by atoms with E-state index in [4.69, 9.17) is 26.4 Å². The zero-order valence-electron chi connectivity index (χ0n) is 30.2. The van der Waals surface area contributed by atoms with Crippen molar-refractivity contribution in [3.63, 3.8) is 0 Å². The Balaban J connectivity index is 1.30. The van der Waals surface area contributed by atoms with Gasteiger partial charge in [0.1, 0.15) is 11.9 Å². The van der Waals surface area contributed by atoms with Gasteiger partial charge in [-0.15, -0.1) is 20.5 Å². The number of nitrogens with two attached hydrogens (primary N) is 2. The summed E-state index contributed by atoms with van der Waals surface area (Å²) >= 11 is 0. The average Bonchev–Trinajstić information content (AvgIpc) is 3.95. The molecule has 5 heterocycles. The van der Waals surface area contributed by atoms with Gasteiger partial charge in [-0.2, -0.15) is 29.8 Å². The van der Waals surface area contributed by atoms with Gasteiger partial charge in [0.15, 0.2) is 52.6 Å². The average molecular weight is 737 g/mol. The number of esters is 1. The highest BCUT2D eigenvalue weighted by Crippen LogP contribution is 2.43. The fourth-order valence-corrected chi connectivity index (χ4v) is 7.09. The van der Waals surface area contributed by atoms with Gasteiger partial charge in [0, 0.05) is 32.0 Å². The summed E-state index contributed by atoms with van der Waals surface area (Å²) in [7, 11) is 4.53. The first-order chi connectivity index (χ1) is 26.2. The minimum atomic E-state index is -0.765. The van der Waals surface area contributed by atoms with Crippen LogP contribution in [0.2, 0.25) is 0 Å². The molecule has 0 radical (unpaired) electrons. The molecule has 0 amide bonds. The molecule has 2 aliphatic carbocycles. The van der Waals surface area contributed by atoms with Crippen LogP contribution in [0.5, 0.6) is 0 Å². The molecule has 0 spiro atoms. The van der Waals surface area contributed by atoms with Crippen LogP contribution >= 0.6 is 0 Å². The van der Waals surface area contributed by atoms with Gasteiger partial charge in [-0.3, -0.25) is 9.59 Å². The lowest BCUT2D eigenvalue weighted by molar-refractivity contribution is -0.104. The smallest absolute Gasteiger partial charge is 0.343 e. The topological polar surface area (TPSA) is 259 Å². The molecule has 4 N–H and O–H groups in total. The van der Waals surface area contributed by atoms with Crippen LogP contribution in [0.4, 0.5) is 34.6 Å². The van der Waals surface area contributed by atoms with Gasteiger partial charge in [-0.25, -0.2) is 24.1 Å². The molecule has 0 aromatic carbocycles. The van der Waals surface area contributed by atoms with Gasteiger partial charge in [0.2, 0.25) is 5.78 Å². The fraction of sp³-hybridized carbons (Fsp3) is 0.441. The van der Waals surface area contributed by atoms with E-state index in [1.165, 1.54) is 44.6 Å². The number of hydrogen-bond donors (Lipinski definition) is 2. The second kappa shape index (κ2) is 15.2. The summed E-state index contributed by atoms with van der Waals surface area (Å²) in [6.45, 7) is 0. The maximum absolute atomic E-state index is 12.4. The van der Waals surface area contributed by atoms with Crippen LogP contribution in [0, 0.1) is 0 Å². The predicted molar refractivity (Wildman–Crippen MR) is 193 cm³/mol. The van der Waals surface area contributed by atoms with Crippen molar-refractivity contribution >= 4 is 52.7 Å². The van der Waals surface area contributed by atoms with Gasteiger partial charge in [0.25, 0.3) is 0 Å². The van der Waals surface area contributed by atoms with Gasteiger partial charge in [0.05, 0.1) is 36.5 Å². The van der Waals surface area contributed by atoms with Crippen molar-refractivity contribution < 1.29 is 19.1 Å². The first-order valence-electron chi connectivity index (χ1n) is 17.7. The van der Waals surface area contributed by atoms with Crippen LogP contribution in [0.15, 0.2) is 45.2 Å². The molecule has 280 valence electrons. The number of nitrogen functional groups attached to an aromatic ring is 2. The number of aldehydes is 1. The highest BCUT2D eigenvalue weighted by atomic mass is 16.5. The van der Waals surface area contributed by atoms with E-state index < -0.39 is 11.8 Å². The summed E-state index contributed by atoms with van der Waals surface area (Å²) in [4.78, 5) is 44.9. The highest BCUT2D eigenvalue weighted by Gasteiger charge is 2.29. The molecule has 20 heteroatoms. The molecule has 0 atom stereocenters. The molecule has 0 aliphatic heterocycles. The number of carbonyl (C=O) groups is 3. The maximum Gasteiger partial charge on any atom is 0.343 e. The van der Waals surface area contributed by atoms with Crippen LogP contribution < -0.4 is 11.5 Å². The summed E-state index contributed by atoms with van der Waals surface area (Å²) < 4.78 is 10.6. The Bertz CT molecular complexity index is 2270. The van der Waals surface area contributed by atoms with Crippen LogP contribution in [-0.2, 0) is 23.6 Å². The minimum Gasteiger partial charge on any atom is -0.465 e. The van der Waals surface area contributed by atoms with E-state index in [2.05, 4.69) is 40.6 Å². The Morgan fingerprint density at radius 2 is 1.20 bits per heavy atom. The van der Waals surface area contributed by atoms with Gasteiger partial charge in [-0.1, -0.05) is 38.5 Å². The van der Waals surface area contributed by atoms with E-state index >= 15 is 0 Å².